The van der Waals surface area contributed by atoms with E-state index < -0.39 is 12.1 Å². The van der Waals surface area contributed by atoms with Crippen molar-refractivity contribution in [3.63, 3.8) is 0 Å². The summed E-state index contributed by atoms with van der Waals surface area (Å²) in [4.78, 5) is 12.8. The maximum atomic E-state index is 12.9. The van der Waals surface area contributed by atoms with Crippen molar-refractivity contribution in [2.45, 2.75) is 38.4 Å². The number of hydrogen-bond acceptors (Lipinski definition) is 4. The van der Waals surface area contributed by atoms with Crippen LogP contribution < -0.4 is 0 Å². The monoisotopic (exact) mass is 419 g/mol. The van der Waals surface area contributed by atoms with Crippen LogP contribution in [0.3, 0.4) is 0 Å². The lowest BCUT2D eigenvalue weighted by Crippen LogP contribution is -2.29. The lowest BCUT2D eigenvalue weighted by molar-refractivity contribution is -0.184. The topological polar surface area (TPSA) is 67.4 Å². The fraction of sp³-hybridized carbons (Fsp3) is 0.400. The lowest BCUT2D eigenvalue weighted by atomic mass is 9.81. The fourth-order valence-electron chi connectivity index (χ4n) is 3.96. The molecule has 1 aromatic carbocycles. The van der Waals surface area contributed by atoms with E-state index >= 15 is 0 Å². The van der Waals surface area contributed by atoms with E-state index in [2.05, 4.69) is 15.0 Å². The molecule has 0 spiro atoms. The highest BCUT2D eigenvalue weighted by Gasteiger charge is 2.41. The predicted molar refractivity (Wildman–Crippen MR) is 102 cm³/mol. The van der Waals surface area contributed by atoms with Crippen LogP contribution in [0.25, 0.3) is 22.4 Å². The molecule has 1 aliphatic rings. The molecule has 0 bridgehead atoms. The zero-order valence-electron chi connectivity index (χ0n) is 15.3. The average molecular weight is 420 g/mol. The second-order valence-electron chi connectivity index (χ2n) is 7.35. The van der Waals surface area contributed by atoms with Gasteiger partial charge in [0.15, 0.2) is 5.65 Å². The third kappa shape index (κ3) is 4.06. The second-order valence-corrected chi connectivity index (χ2v) is 7.78. The van der Waals surface area contributed by atoms with Crippen molar-refractivity contribution >= 4 is 22.8 Å². The summed E-state index contributed by atoms with van der Waals surface area (Å²) < 4.78 is 40.7. The van der Waals surface area contributed by atoms with E-state index in [1.54, 1.807) is 24.5 Å². The Labute approximate surface area is 170 Å². The molecule has 0 saturated heterocycles. The van der Waals surface area contributed by atoms with E-state index in [-0.39, 0.29) is 24.6 Å². The Morgan fingerprint density at radius 1 is 1.17 bits per heavy atom. The second kappa shape index (κ2) is 7.64. The number of benzene rings is 1. The highest BCUT2D eigenvalue weighted by molar-refractivity contribution is 6.30. The minimum atomic E-state index is -4.12. The van der Waals surface area contributed by atoms with Crippen LogP contribution in [-0.4, -0.2) is 25.7 Å². The summed E-state index contributed by atoms with van der Waals surface area (Å²) >= 11 is 6.12. The van der Waals surface area contributed by atoms with Gasteiger partial charge in [0.1, 0.15) is 17.3 Å². The molecule has 0 amide bonds. The number of alkyl halides is 3. The molecular formula is C20H17ClF3N5. The Hall–Kier alpha value is -2.66. The zero-order valence-corrected chi connectivity index (χ0v) is 16.1. The van der Waals surface area contributed by atoms with Crippen LogP contribution in [0.2, 0.25) is 5.02 Å². The summed E-state index contributed by atoms with van der Waals surface area (Å²) in [7, 11) is 0. The SMILES string of the molecule is N#Cc1nc(-c2cccc(Cl)c2)c2c(ncn2CC2CCC(C(F)(F)F)CC2)n1. The van der Waals surface area contributed by atoms with E-state index in [1.165, 1.54) is 0 Å². The first-order chi connectivity index (χ1) is 13.8. The summed E-state index contributed by atoms with van der Waals surface area (Å²) in [6.07, 6.45) is -1.19. The quantitative estimate of drug-likeness (QED) is 0.571. The van der Waals surface area contributed by atoms with Crippen LogP contribution in [0, 0.1) is 23.2 Å². The first kappa shape index (κ1) is 19.6. The molecule has 29 heavy (non-hydrogen) atoms. The minimum absolute atomic E-state index is 0.00316. The smallest absolute Gasteiger partial charge is 0.327 e. The van der Waals surface area contributed by atoms with E-state index in [0.29, 0.717) is 41.3 Å². The molecule has 1 fully saturated rings. The predicted octanol–water partition coefficient (Wildman–Crippen LogP) is 5.39. The van der Waals surface area contributed by atoms with Gasteiger partial charge >= 0.3 is 6.18 Å². The summed E-state index contributed by atoms with van der Waals surface area (Å²) in [5.41, 5.74) is 2.30. The normalized spacial score (nSPS) is 20.0. The number of imidazole rings is 1. The number of fused-ring (bicyclic) bond motifs is 1. The zero-order chi connectivity index (χ0) is 20.6. The van der Waals surface area contributed by atoms with Crippen LogP contribution in [0.4, 0.5) is 13.2 Å². The molecule has 0 unspecified atom stereocenters. The van der Waals surface area contributed by atoms with Gasteiger partial charge in [0.05, 0.1) is 12.2 Å². The molecule has 5 nitrogen and oxygen atoms in total. The summed E-state index contributed by atoms with van der Waals surface area (Å²) in [5.74, 6) is -1.08. The van der Waals surface area contributed by atoms with Gasteiger partial charge in [0.2, 0.25) is 5.82 Å². The van der Waals surface area contributed by atoms with Crippen molar-refractivity contribution in [3.8, 4) is 17.3 Å². The lowest BCUT2D eigenvalue weighted by Gasteiger charge is -2.30. The molecule has 0 atom stereocenters. The van der Waals surface area contributed by atoms with E-state index in [1.807, 2.05) is 16.7 Å². The third-order valence-electron chi connectivity index (χ3n) is 5.43. The molecule has 9 heteroatoms. The Kier molecular flexibility index (Phi) is 5.17. The maximum Gasteiger partial charge on any atom is 0.391 e. The number of hydrogen-bond donors (Lipinski definition) is 0. The van der Waals surface area contributed by atoms with Gasteiger partial charge < -0.3 is 4.57 Å². The average Bonchev–Trinajstić information content (AvgIpc) is 3.09. The molecule has 2 aromatic heterocycles. The molecule has 1 aliphatic carbocycles. The molecule has 4 rings (SSSR count). The largest absolute Gasteiger partial charge is 0.391 e. The molecular weight excluding hydrogens is 403 g/mol. The number of rotatable bonds is 3. The molecule has 0 radical (unpaired) electrons. The molecule has 1 saturated carbocycles. The molecule has 2 heterocycles. The highest BCUT2D eigenvalue weighted by Crippen LogP contribution is 2.40. The van der Waals surface area contributed by atoms with Crippen molar-refractivity contribution < 1.29 is 13.2 Å². The van der Waals surface area contributed by atoms with Crippen LogP contribution in [0.15, 0.2) is 30.6 Å². The number of nitriles is 1. The summed E-state index contributed by atoms with van der Waals surface area (Å²) in [5, 5.41) is 9.79. The first-order valence-corrected chi connectivity index (χ1v) is 9.68. The maximum absolute atomic E-state index is 12.9. The van der Waals surface area contributed by atoms with E-state index in [0.717, 1.165) is 5.56 Å². The Balaban J connectivity index is 1.67. The minimum Gasteiger partial charge on any atom is -0.327 e. The highest BCUT2D eigenvalue weighted by atomic mass is 35.5. The van der Waals surface area contributed by atoms with E-state index in [9.17, 15) is 18.4 Å². The molecule has 0 aliphatic heterocycles. The fourth-order valence-corrected chi connectivity index (χ4v) is 4.15. The van der Waals surface area contributed by atoms with Crippen molar-refractivity contribution in [1.29, 1.82) is 5.26 Å². The standard InChI is InChI=1S/C20H17ClF3N5/c21-15-3-1-2-13(8-15)17-18-19(28-16(9-25)27-17)26-11-29(18)10-12-4-6-14(7-5-12)20(22,23)24/h1-3,8,11-12,14H,4-7,10H2. The third-order valence-corrected chi connectivity index (χ3v) is 5.67. The molecule has 3 aromatic rings. The van der Waals surface area contributed by atoms with Crippen LogP contribution in [0.5, 0.6) is 0 Å². The van der Waals surface area contributed by atoms with Crippen LogP contribution >= 0.6 is 11.6 Å². The van der Waals surface area contributed by atoms with Crippen molar-refractivity contribution in [2.75, 3.05) is 0 Å². The van der Waals surface area contributed by atoms with Crippen molar-refractivity contribution in [3.05, 3.63) is 41.4 Å². The Morgan fingerprint density at radius 3 is 2.59 bits per heavy atom. The van der Waals surface area contributed by atoms with Gasteiger partial charge in [-0.05, 0) is 43.7 Å². The summed E-state index contributed by atoms with van der Waals surface area (Å²) in [6, 6.07) is 9.05. The number of aromatic nitrogens is 4. The Bertz CT molecular complexity index is 1080. The van der Waals surface area contributed by atoms with Gasteiger partial charge in [-0.3, -0.25) is 0 Å². The van der Waals surface area contributed by atoms with Crippen LogP contribution in [-0.2, 0) is 6.54 Å². The van der Waals surface area contributed by atoms with Gasteiger partial charge in [-0.25, -0.2) is 9.97 Å². The Morgan fingerprint density at radius 2 is 1.93 bits per heavy atom. The van der Waals surface area contributed by atoms with E-state index in [4.69, 9.17) is 11.6 Å². The van der Waals surface area contributed by atoms with Gasteiger partial charge in [-0.2, -0.15) is 23.4 Å². The van der Waals surface area contributed by atoms with Gasteiger partial charge in [-0.1, -0.05) is 23.7 Å². The molecule has 150 valence electrons. The first-order valence-electron chi connectivity index (χ1n) is 9.31. The molecule has 0 N–H and O–H groups in total. The van der Waals surface area contributed by atoms with Crippen molar-refractivity contribution in [1.82, 2.24) is 19.5 Å². The number of nitrogens with zero attached hydrogens (tertiary/aromatic N) is 5. The van der Waals surface area contributed by atoms with Gasteiger partial charge in [0.25, 0.3) is 0 Å². The van der Waals surface area contributed by atoms with Crippen LogP contribution in [0.1, 0.15) is 31.5 Å². The number of halogens is 4. The van der Waals surface area contributed by atoms with Gasteiger partial charge in [0, 0.05) is 17.1 Å². The summed E-state index contributed by atoms with van der Waals surface area (Å²) in [6.45, 7) is 0.532. The van der Waals surface area contributed by atoms with Gasteiger partial charge in [-0.15, -0.1) is 0 Å². The van der Waals surface area contributed by atoms with Crippen molar-refractivity contribution in [2.24, 2.45) is 11.8 Å².